The minimum absolute atomic E-state index is 0.108. The molecule has 0 aromatic heterocycles. The fourth-order valence-electron chi connectivity index (χ4n) is 0.995. The molecule has 1 aromatic carbocycles. The van der Waals surface area contributed by atoms with Crippen LogP contribution in [-0.2, 0) is 14.8 Å². The van der Waals surface area contributed by atoms with Crippen molar-refractivity contribution in [3.63, 3.8) is 0 Å². The van der Waals surface area contributed by atoms with Crippen molar-refractivity contribution in [2.24, 2.45) is 0 Å². The third-order valence-corrected chi connectivity index (χ3v) is 2.11. The minimum Gasteiger partial charge on any atom is -0.283 e. The Labute approximate surface area is 88.7 Å². The monoisotopic (exact) mass is 224 g/mol. The van der Waals surface area contributed by atoms with Crippen LogP contribution in [0.3, 0.4) is 0 Å². The van der Waals surface area contributed by atoms with Crippen LogP contribution >= 0.6 is 0 Å². The molecule has 0 aliphatic carbocycles. The molecule has 1 aromatic rings. The Balaban J connectivity index is 2.93. The number of sulfonamides is 1. The summed E-state index contributed by atoms with van der Waals surface area (Å²) in [6.07, 6.45) is 3.91. The molecule has 15 heavy (non-hydrogen) atoms. The fraction of sp³-hybridized carbons (Fsp3) is 0.100. The molecule has 5 heteroatoms. The van der Waals surface area contributed by atoms with Gasteiger partial charge in [0.25, 0.3) is 6.29 Å². The second kappa shape index (κ2) is 4.75. The van der Waals surface area contributed by atoms with Crippen molar-refractivity contribution < 1.29 is 13.2 Å². The summed E-state index contributed by atoms with van der Waals surface area (Å²) in [7, 11) is -3.44. The van der Waals surface area contributed by atoms with E-state index in [-0.39, 0.29) is 5.70 Å². The third-order valence-electron chi connectivity index (χ3n) is 1.52. The summed E-state index contributed by atoms with van der Waals surface area (Å²) in [4.78, 5) is 10.5. The van der Waals surface area contributed by atoms with E-state index >= 15 is 0 Å². The first kappa shape index (κ1) is 11.5. The first-order valence-corrected chi connectivity index (χ1v) is 6.03. The highest BCUT2D eigenvalue weighted by Crippen LogP contribution is 2.03. The van der Waals surface area contributed by atoms with Crippen molar-refractivity contribution >= 4 is 22.4 Å². The SMILES string of the molecule is CS(=O)(=O)NC([C]=O)=Cc1ccccc1. The Morgan fingerprint density at radius 1 is 1.33 bits per heavy atom. The molecule has 0 bridgehead atoms. The number of rotatable bonds is 4. The van der Waals surface area contributed by atoms with Gasteiger partial charge in [-0.15, -0.1) is 0 Å². The average Bonchev–Trinajstić information content (AvgIpc) is 2.16. The predicted molar refractivity (Wildman–Crippen MR) is 58.1 cm³/mol. The molecule has 0 saturated carbocycles. The second-order valence-corrected chi connectivity index (χ2v) is 4.69. The van der Waals surface area contributed by atoms with Crippen LogP contribution in [0.1, 0.15) is 5.56 Å². The van der Waals surface area contributed by atoms with Gasteiger partial charge in [-0.2, -0.15) is 0 Å². The van der Waals surface area contributed by atoms with E-state index in [1.54, 1.807) is 24.3 Å². The molecule has 1 radical (unpaired) electrons. The molecule has 79 valence electrons. The van der Waals surface area contributed by atoms with Crippen molar-refractivity contribution in [2.45, 2.75) is 0 Å². The Kier molecular flexibility index (Phi) is 3.62. The molecule has 4 nitrogen and oxygen atoms in total. The Bertz CT molecular complexity index is 463. The fourth-order valence-corrected chi connectivity index (χ4v) is 1.50. The highest BCUT2D eigenvalue weighted by atomic mass is 32.2. The van der Waals surface area contributed by atoms with Gasteiger partial charge in [-0.25, -0.2) is 8.42 Å². The highest BCUT2D eigenvalue weighted by Gasteiger charge is 2.04. The molecule has 0 heterocycles. The first-order valence-electron chi connectivity index (χ1n) is 4.14. The lowest BCUT2D eigenvalue weighted by Gasteiger charge is -2.01. The van der Waals surface area contributed by atoms with Gasteiger partial charge in [-0.05, 0) is 11.6 Å². The van der Waals surface area contributed by atoms with Crippen LogP contribution in [0.5, 0.6) is 0 Å². The third kappa shape index (κ3) is 4.42. The number of hydrogen-bond acceptors (Lipinski definition) is 3. The van der Waals surface area contributed by atoms with Crippen molar-refractivity contribution in [1.29, 1.82) is 0 Å². The molecule has 0 aliphatic heterocycles. The second-order valence-electron chi connectivity index (χ2n) is 2.94. The number of hydrogen-bond donors (Lipinski definition) is 1. The molecule has 0 aliphatic rings. The maximum atomic E-state index is 10.9. The number of benzene rings is 1. The lowest BCUT2D eigenvalue weighted by Crippen LogP contribution is -2.21. The van der Waals surface area contributed by atoms with E-state index in [1.165, 1.54) is 12.4 Å². The van der Waals surface area contributed by atoms with Crippen LogP contribution < -0.4 is 4.72 Å². The van der Waals surface area contributed by atoms with Crippen LogP contribution in [0, 0.1) is 0 Å². The van der Waals surface area contributed by atoms with Crippen LogP contribution in [-0.4, -0.2) is 21.0 Å². The van der Waals surface area contributed by atoms with Crippen molar-refractivity contribution in [2.75, 3.05) is 6.26 Å². The molecule has 1 rings (SSSR count). The van der Waals surface area contributed by atoms with Gasteiger partial charge in [0, 0.05) is 0 Å². The van der Waals surface area contributed by atoms with Gasteiger partial charge in [-0.1, -0.05) is 30.3 Å². The van der Waals surface area contributed by atoms with Crippen LogP contribution in [0.2, 0.25) is 0 Å². The smallest absolute Gasteiger partial charge is 0.251 e. The van der Waals surface area contributed by atoms with Crippen LogP contribution in [0.25, 0.3) is 6.08 Å². The minimum atomic E-state index is -3.44. The lowest BCUT2D eigenvalue weighted by molar-refractivity contribution is 0.558. The van der Waals surface area contributed by atoms with Crippen LogP contribution in [0.4, 0.5) is 0 Å². The van der Waals surface area contributed by atoms with Crippen molar-refractivity contribution in [3.05, 3.63) is 41.6 Å². The molecule has 0 spiro atoms. The van der Waals surface area contributed by atoms with Gasteiger partial charge in [0.15, 0.2) is 0 Å². The molecular formula is C10H10NO3S. The van der Waals surface area contributed by atoms with Gasteiger partial charge >= 0.3 is 0 Å². The van der Waals surface area contributed by atoms with E-state index in [4.69, 9.17) is 0 Å². The topological polar surface area (TPSA) is 63.2 Å². The van der Waals surface area contributed by atoms with Gasteiger partial charge in [-0.3, -0.25) is 9.52 Å². The maximum Gasteiger partial charge on any atom is 0.251 e. The first-order chi connectivity index (χ1) is 7.01. The highest BCUT2D eigenvalue weighted by molar-refractivity contribution is 7.88. The Morgan fingerprint density at radius 2 is 1.93 bits per heavy atom. The largest absolute Gasteiger partial charge is 0.283 e. The molecule has 0 atom stereocenters. The summed E-state index contributed by atoms with van der Waals surface area (Å²) in [6, 6.07) is 8.90. The molecule has 0 unspecified atom stereocenters. The van der Waals surface area contributed by atoms with Gasteiger partial charge < -0.3 is 0 Å². The zero-order valence-corrected chi connectivity index (χ0v) is 8.91. The molecule has 0 amide bonds. The number of allylic oxidation sites excluding steroid dienone is 1. The lowest BCUT2D eigenvalue weighted by atomic mass is 10.2. The molecule has 0 fully saturated rings. The van der Waals surface area contributed by atoms with Crippen molar-refractivity contribution in [3.8, 4) is 0 Å². The number of nitrogens with one attached hydrogen (secondary N) is 1. The van der Waals surface area contributed by atoms with Crippen LogP contribution in [0.15, 0.2) is 36.0 Å². The summed E-state index contributed by atoms with van der Waals surface area (Å²) in [5.74, 6) is 0. The van der Waals surface area contributed by atoms with E-state index in [9.17, 15) is 13.2 Å². The van der Waals surface area contributed by atoms with E-state index in [1.807, 2.05) is 6.07 Å². The number of carbonyl (C=O) groups excluding carboxylic acids is 1. The average molecular weight is 224 g/mol. The van der Waals surface area contributed by atoms with E-state index < -0.39 is 10.0 Å². The molecular weight excluding hydrogens is 214 g/mol. The summed E-state index contributed by atoms with van der Waals surface area (Å²) < 4.78 is 23.8. The summed E-state index contributed by atoms with van der Waals surface area (Å²) in [5.41, 5.74) is 0.621. The van der Waals surface area contributed by atoms with Gasteiger partial charge in [0.2, 0.25) is 10.0 Å². The van der Waals surface area contributed by atoms with E-state index in [2.05, 4.69) is 4.72 Å². The Morgan fingerprint density at radius 3 is 2.40 bits per heavy atom. The van der Waals surface area contributed by atoms with Gasteiger partial charge in [0.1, 0.15) is 5.70 Å². The maximum absolute atomic E-state index is 10.9. The molecule has 0 saturated heterocycles. The van der Waals surface area contributed by atoms with Gasteiger partial charge in [0.05, 0.1) is 6.26 Å². The Hall–Kier alpha value is -1.62. The standard InChI is InChI=1S/C10H10NO3S/c1-15(13,14)11-10(8-12)7-9-5-3-2-4-6-9/h2-7,11H,1H3. The van der Waals surface area contributed by atoms with E-state index in [0.29, 0.717) is 0 Å². The summed E-state index contributed by atoms with van der Waals surface area (Å²) >= 11 is 0. The normalized spacial score (nSPS) is 12.2. The summed E-state index contributed by atoms with van der Waals surface area (Å²) in [5, 5.41) is 0. The van der Waals surface area contributed by atoms with Crippen molar-refractivity contribution in [1.82, 2.24) is 4.72 Å². The zero-order valence-electron chi connectivity index (χ0n) is 8.10. The summed E-state index contributed by atoms with van der Waals surface area (Å²) in [6.45, 7) is 0. The zero-order chi connectivity index (χ0) is 11.3. The predicted octanol–water partition coefficient (Wildman–Crippen LogP) is 0.686. The quantitative estimate of drug-likeness (QED) is 0.765. The van der Waals surface area contributed by atoms with E-state index in [0.717, 1.165) is 11.8 Å². The molecule has 1 N–H and O–H groups in total.